The molecule has 0 atom stereocenters. The fourth-order valence-corrected chi connectivity index (χ4v) is 2.05. The summed E-state index contributed by atoms with van der Waals surface area (Å²) in [6.45, 7) is 1.83. The van der Waals surface area contributed by atoms with Gasteiger partial charge in [0.2, 0.25) is 5.82 Å². The molecule has 0 saturated heterocycles. The molecular weight excluding hydrogens is 282 g/mol. The van der Waals surface area contributed by atoms with E-state index in [0.717, 1.165) is 11.2 Å². The van der Waals surface area contributed by atoms with Gasteiger partial charge in [-0.25, -0.2) is 0 Å². The van der Waals surface area contributed by atoms with Gasteiger partial charge in [0.1, 0.15) is 11.6 Å². The van der Waals surface area contributed by atoms with Crippen molar-refractivity contribution in [1.82, 2.24) is 25.6 Å². The minimum Gasteiger partial charge on any atom is -0.360 e. The molecule has 108 valence electrons. The Bertz CT molecular complexity index is 947. The van der Waals surface area contributed by atoms with E-state index in [9.17, 15) is 4.79 Å². The number of H-pyrrole nitrogens is 2. The van der Waals surface area contributed by atoms with Crippen molar-refractivity contribution >= 4 is 22.2 Å². The summed E-state index contributed by atoms with van der Waals surface area (Å²) >= 11 is 0. The summed E-state index contributed by atoms with van der Waals surface area (Å²) in [7, 11) is 0. The lowest BCUT2D eigenvalue weighted by Crippen LogP contribution is -2.03. The van der Waals surface area contributed by atoms with Crippen molar-refractivity contribution in [2.75, 3.05) is 5.32 Å². The molecule has 0 fully saturated rings. The Labute approximate surface area is 124 Å². The maximum absolute atomic E-state index is 12.0. The highest BCUT2D eigenvalue weighted by Crippen LogP contribution is 2.16. The van der Waals surface area contributed by atoms with Crippen LogP contribution in [0.5, 0.6) is 0 Å². The van der Waals surface area contributed by atoms with Crippen LogP contribution < -0.4 is 10.7 Å². The van der Waals surface area contributed by atoms with Crippen LogP contribution in [0, 0.1) is 18.3 Å². The average molecular weight is 293 g/mol. The van der Waals surface area contributed by atoms with Crippen molar-refractivity contribution < 1.29 is 0 Å². The molecule has 0 aliphatic rings. The molecule has 3 rings (SSSR count). The zero-order valence-corrected chi connectivity index (χ0v) is 11.6. The molecule has 0 aliphatic carbocycles. The number of aromatic amines is 2. The topological polar surface area (TPSA) is 123 Å². The highest BCUT2D eigenvalue weighted by atomic mass is 16.1. The molecule has 22 heavy (non-hydrogen) atoms. The van der Waals surface area contributed by atoms with Crippen LogP contribution >= 0.6 is 0 Å². The Morgan fingerprint density at radius 2 is 2.27 bits per heavy atom. The minimum atomic E-state index is -0.0578. The summed E-state index contributed by atoms with van der Waals surface area (Å²) < 4.78 is 0. The second-order valence-corrected chi connectivity index (χ2v) is 4.63. The van der Waals surface area contributed by atoms with E-state index >= 15 is 0 Å². The Kier molecular flexibility index (Phi) is 3.37. The van der Waals surface area contributed by atoms with Crippen LogP contribution in [0.1, 0.15) is 11.5 Å². The smallest absolute Gasteiger partial charge is 0.216 e. The van der Waals surface area contributed by atoms with Crippen molar-refractivity contribution in [3.05, 3.63) is 52.2 Å². The first-order valence-corrected chi connectivity index (χ1v) is 6.41. The summed E-state index contributed by atoms with van der Waals surface area (Å²) in [4.78, 5) is 15.1. The van der Waals surface area contributed by atoms with E-state index in [1.165, 1.54) is 6.20 Å². The lowest BCUT2D eigenvalue weighted by molar-refractivity contribution is 0.881. The highest BCUT2D eigenvalue weighted by Gasteiger charge is 2.06. The van der Waals surface area contributed by atoms with Gasteiger partial charge in [-0.05, 0) is 30.3 Å². The van der Waals surface area contributed by atoms with Gasteiger partial charge in [0.15, 0.2) is 5.43 Å². The van der Waals surface area contributed by atoms with Gasteiger partial charge < -0.3 is 10.3 Å². The van der Waals surface area contributed by atoms with Gasteiger partial charge in [0.05, 0.1) is 0 Å². The molecule has 0 saturated carbocycles. The van der Waals surface area contributed by atoms with Crippen molar-refractivity contribution in [3.8, 4) is 6.07 Å². The van der Waals surface area contributed by atoms with Crippen molar-refractivity contribution in [1.29, 1.82) is 5.26 Å². The van der Waals surface area contributed by atoms with Crippen LogP contribution in [0.25, 0.3) is 16.5 Å². The third-order valence-electron chi connectivity index (χ3n) is 3.05. The molecule has 0 amide bonds. The van der Waals surface area contributed by atoms with Gasteiger partial charge in [-0.15, -0.1) is 10.2 Å². The third kappa shape index (κ3) is 2.55. The van der Waals surface area contributed by atoms with Crippen LogP contribution in [0.4, 0.5) is 5.69 Å². The quantitative estimate of drug-likeness (QED) is 0.626. The molecule has 0 unspecified atom stereocenters. The number of aryl methyl sites for hydroxylation is 1. The second-order valence-electron chi connectivity index (χ2n) is 4.63. The summed E-state index contributed by atoms with van der Waals surface area (Å²) in [6.07, 6.45) is 1.47. The Balaban J connectivity index is 1.95. The van der Waals surface area contributed by atoms with Gasteiger partial charge in [-0.1, -0.05) is 0 Å². The minimum absolute atomic E-state index is 0.0578. The molecule has 2 aromatic heterocycles. The van der Waals surface area contributed by atoms with Crippen LogP contribution in [0.3, 0.4) is 0 Å². The SMILES string of the molecule is Cc1cc(=O)c2cc(NC=C(C#N)c3nn[nH]n3)ccc2[nH]1. The standard InChI is InChI=1S/C14H11N7O/c1-8-4-13(22)11-5-10(2-3-12(11)17-8)16-7-9(6-15)14-18-20-21-19-14/h2-5,7,16H,1H3,(H,17,22)(H,18,19,20,21). The van der Waals surface area contributed by atoms with E-state index < -0.39 is 0 Å². The number of rotatable bonds is 3. The first-order valence-electron chi connectivity index (χ1n) is 6.41. The number of nitrogens with zero attached hydrogens (tertiary/aromatic N) is 4. The van der Waals surface area contributed by atoms with E-state index in [0.29, 0.717) is 11.1 Å². The van der Waals surface area contributed by atoms with Crippen LogP contribution in [0.2, 0.25) is 0 Å². The third-order valence-corrected chi connectivity index (χ3v) is 3.05. The molecule has 0 bridgehead atoms. The summed E-state index contributed by atoms with van der Waals surface area (Å²) in [5.41, 5.74) is 2.42. The van der Waals surface area contributed by atoms with Gasteiger partial charge in [-0.2, -0.15) is 10.5 Å². The Morgan fingerprint density at radius 1 is 1.41 bits per heavy atom. The molecule has 3 aromatic rings. The summed E-state index contributed by atoms with van der Waals surface area (Å²) in [5.74, 6) is 0.198. The largest absolute Gasteiger partial charge is 0.360 e. The van der Waals surface area contributed by atoms with E-state index in [1.54, 1.807) is 24.3 Å². The van der Waals surface area contributed by atoms with E-state index in [1.807, 2.05) is 13.0 Å². The number of tetrazole rings is 1. The van der Waals surface area contributed by atoms with E-state index in [4.69, 9.17) is 5.26 Å². The number of allylic oxidation sites excluding steroid dienone is 1. The lowest BCUT2D eigenvalue weighted by Gasteiger charge is -2.04. The first kappa shape index (κ1) is 13.5. The summed E-state index contributed by atoms with van der Waals surface area (Å²) in [5, 5.41) is 25.8. The predicted octanol–water partition coefficient (Wildman–Crippen LogP) is 1.33. The van der Waals surface area contributed by atoms with Crippen LogP contribution in [0.15, 0.2) is 35.3 Å². The van der Waals surface area contributed by atoms with Crippen LogP contribution in [-0.4, -0.2) is 25.6 Å². The van der Waals surface area contributed by atoms with Crippen LogP contribution in [-0.2, 0) is 0 Å². The number of fused-ring (bicyclic) bond motifs is 1. The Hall–Kier alpha value is -3.47. The molecule has 3 N–H and O–H groups in total. The zero-order valence-electron chi connectivity index (χ0n) is 11.6. The molecule has 0 radical (unpaired) electrons. The van der Waals surface area contributed by atoms with Gasteiger partial charge in [0.25, 0.3) is 0 Å². The normalized spacial score (nSPS) is 11.4. The summed E-state index contributed by atoms with van der Waals surface area (Å²) in [6, 6.07) is 8.85. The molecule has 0 aliphatic heterocycles. The molecule has 0 spiro atoms. The number of hydrogen-bond donors (Lipinski definition) is 3. The highest BCUT2D eigenvalue weighted by molar-refractivity contribution is 5.83. The molecule has 8 nitrogen and oxygen atoms in total. The molecule has 1 aromatic carbocycles. The van der Waals surface area contributed by atoms with Crippen molar-refractivity contribution in [2.45, 2.75) is 6.92 Å². The number of anilines is 1. The van der Waals surface area contributed by atoms with E-state index in [-0.39, 0.29) is 16.8 Å². The van der Waals surface area contributed by atoms with Gasteiger partial charge >= 0.3 is 0 Å². The average Bonchev–Trinajstić information content (AvgIpc) is 3.02. The van der Waals surface area contributed by atoms with Crippen molar-refractivity contribution in [3.63, 3.8) is 0 Å². The Morgan fingerprint density at radius 3 is 3.00 bits per heavy atom. The van der Waals surface area contributed by atoms with Gasteiger partial charge in [0, 0.05) is 34.6 Å². The number of benzene rings is 1. The number of hydrogen-bond acceptors (Lipinski definition) is 6. The maximum atomic E-state index is 12.0. The first-order chi connectivity index (χ1) is 10.7. The molecular formula is C14H11N7O. The fraction of sp³-hybridized carbons (Fsp3) is 0.0714. The molecule has 8 heteroatoms. The number of nitriles is 1. The maximum Gasteiger partial charge on any atom is 0.216 e. The molecule has 2 heterocycles. The number of aromatic nitrogens is 5. The lowest BCUT2D eigenvalue weighted by atomic mass is 10.1. The fourth-order valence-electron chi connectivity index (χ4n) is 2.05. The number of nitrogens with one attached hydrogen (secondary N) is 3. The second kappa shape index (κ2) is 5.49. The predicted molar refractivity (Wildman–Crippen MR) is 80.7 cm³/mol. The van der Waals surface area contributed by atoms with Gasteiger partial charge in [-0.3, -0.25) is 4.79 Å². The van der Waals surface area contributed by atoms with E-state index in [2.05, 4.69) is 30.9 Å². The monoisotopic (exact) mass is 293 g/mol. The number of pyridine rings is 1. The zero-order chi connectivity index (χ0) is 15.5. The van der Waals surface area contributed by atoms with Crippen molar-refractivity contribution in [2.24, 2.45) is 0 Å².